The van der Waals surface area contributed by atoms with E-state index in [1.54, 1.807) is 13.8 Å². The fourth-order valence-electron chi connectivity index (χ4n) is 3.31. The van der Waals surface area contributed by atoms with Gasteiger partial charge in [-0.15, -0.1) is 0 Å². The number of carbonyl (C=O) groups is 2. The average Bonchev–Trinajstić information content (AvgIpc) is 2.92. The van der Waals surface area contributed by atoms with Gasteiger partial charge in [0.05, 0.1) is 91.4 Å². The topological polar surface area (TPSA) is 108 Å². The SMILES string of the molecule is C.C.C.C.CCC(=O)OC(C)COC(C)COC(C)COCC[N+](C)(C)CCOCC(C)OCC(C)OCC(C)OC(=O)CC. The van der Waals surface area contributed by atoms with Crippen LogP contribution >= 0.6 is 0 Å². The summed E-state index contributed by atoms with van der Waals surface area (Å²) >= 11 is 0. The quantitative estimate of drug-likeness (QED) is 0.0629. The highest BCUT2D eigenvalue weighted by Crippen LogP contribution is 2.04. The number of rotatable bonds is 26. The number of hydrogen-bond donors (Lipinski definition) is 0. The molecule has 6 atom stereocenters. The Morgan fingerprint density at radius 1 is 0.489 bits per heavy atom. The second kappa shape index (κ2) is 31.3. The van der Waals surface area contributed by atoms with E-state index in [1.165, 1.54) is 0 Å². The van der Waals surface area contributed by atoms with Gasteiger partial charge in [-0.25, -0.2) is 0 Å². The molecule has 11 heteroatoms. The van der Waals surface area contributed by atoms with Crippen molar-refractivity contribution in [3.05, 3.63) is 0 Å². The van der Waals surface area contributed by atoms with Crippen molar-refractivity contribution in [2.24, 2.45) is 0 Å². The number of esters is 2. The Kier molecular flexibility index (Phi) is 36.9. The second-order valence-corrected chi connectivity index (χ2v) is 11.4. The van der Waals surface area contributed by atoms with Gasteiger partial charge >= 0.3 is 11.9 Å². The molecule has 0 rings (SSSR count). The minimum absolute atomic E-state index is 0. The highest BCUT2D eigenvalue weighted by molar-refractivity contribution is 5.69. The van der Waals surface area contributed by atoms with Crippen LogP contribution in [0.1, 0.15) is 97.9 Å². The molecule has 11 nitrogen and oxygen atoms in total. The van der Waals surface area contributed by atoms with E-state index in [0.29, 0.717) is 65.7 Å². The molecule has 0 aromatic carbocycles. The summed E-state index contributed by atoms with van der Waals surface area (Å²) in [5, 5.41) is 0. The highest BCUT2D eigenvalue weighted by Gasteiger charge is 2.17. The molecule has 0 amide bonds. The Bertz CT molecular complexity index is 625. The number of carbonyl (C=O) groups excluding carboxylic acids is 2. The van der Waals surface area contributed by atoms with Crippen molar-refractivity contribution in [2.75, 3.05) is 80.0 Å². The van der Waals surface area contributed by atoms with Gasteiger partial charge in [0, 0.05) is 12.8 Å². The summed E-state index contributed by atoms with van der Waals surface area (Å²) in [6.07, 6.45) is -0.135. The van der Waals surface area contributed by atoms with Gasteiger partial charge in [0.2, 0.25) is 0 Å². The average molecular weight is 659 g/mol. The van der Waals surface area contributed by atoms with E-state index in [1.807, 2.05) is 41.5 Å². The minimum atomic E-state index is -0.274. The number of likely N-dealkylation sites (N-methyl/N-ethyl adjacent to an activating group) is 1. The second-order valence-electron chi connectivity index (χ2n) is 11.4. The van der Waals surface area contributed by atoms with Crippen LogP contribution in [0.15, 0.2) is 0 Å². The first-order valence-corrected chi connectivity index (χ1v) is 15.1. The highest BCUT2D eigenvalue weighted by atomic mass is 16.6. The maximum atomic E-state index is 11.3. The normalized spacial score (nSPS) is 15.0. The van der Waals surface area contributed by atoms with Gasteiger partial charge in [0.15, 0.2) is 0 Å². The van der Waals surface area contributed by atoms with Gasteiger partial charge in [-0.05, 0) is 41.5 Å². The molecule has 0 spiro atoms. The van der Waals surface area contributed by atoms with Gasteiger partial charge in [-0.3, -0.25) is 9.59 Å². The molecule has 0 aliphatic heterocycles. The van der Waals surface area contributed by atoms with Crippen molar-refractivity contribution in [3.8, 4) is 0 Å². The van der Waals surface area contributed by atoms with Crippen LogP contribution in [0.25, 0.3) is 0 Å². The Hall–Kier alpha value is -1.34. The number of hydrogen-bond acceptors (Lipinski definition) is 10. The molecule has 0 aromatic heterocycles. The molecule has 0 N–H and O–H groups in total. The van der Waals surface area contributed by atoms with Crippen LogP contribution in [0.4, 0.5) is 0 Å². The molecule has 0 saturated carbocycles. The molecule has 0 aliphatic rings. The van der Waals surface area contributed by atoms with E-state index in [-0.39, 0.29) is 78.3 Å². The Balaban J connectivity index is -0.00000133. The third-order valence-corrected chi connectivity index (χ3v) is 6.09. The largest absolute Gasteiger partial charge is 0.460 e. The van der Waals surface area contributed by atoms with E-state index in [0.717, 1.165) is 17.6 Å². The van der Waals surface area contributed by atoms with Crippen LogP contribution in [0.3, 0.4) is 0 Å². The summed E-state index contributed by atoms with van der Waals surface area (Å²) < 4.78 is 45.9. The maximum absolute atomic E-state index is 11.3. The van der Waals surface area contributed by atoms with Crippen molar-refractivity contribution >= 4 is 11.9 Å². The third kappa shape index (κ3) is 32.4. The zero-order valence-corrected chi connectivity index (χ0v) is 27.5. The van der Waals surface area contributed by atoms with E-state index in [4.69, 9.17) is 37.9 Å². The van der Waals surface area contributed by atoms with E-state index in [2.05, 4.69) is 14.1 Å². The number of nitrogens with zero attached hydrogens (tertiary/aromatic N) is 1. The molecule has 0 aliphatic carbocycles. The van der Waals surface area contributed by atoms with Crippen LogP contribution in [0.5, 0.6) is 0 Å². The third-order valence-electron chi connectivity index (χ3n) is 6.09. The van der Waals surface area contributed by atoms with Crippen LogP contribution in [-0.4, -0.2) is 133 Å². The van der Waals surface area contributed by atoms with Crippen LogP contribution in [-0.2, 0) is 47.5 Å². The molecule has 0 radical (unpaired) electrons. The molecular weight excluding hydrogens is 582 g/mol. The minimum Gasteiger partial charge on any atom is -0.460 e. The van der Waals surface area contributed by atoms with E-state index in [9.17, 15) is 9.59 Å². The molecule has 0 fully saturated rings. The summed E-state index contributed by atoms with van der Waals surface area (Å²) in [4.78, 5) is 22.6. The Morgan fingerprint density at radius 2 is 0.756 bits per heavy atom. The molecule has 45 heavy (non-hydrogen) atoms. The lowest BCUT2D eigenvalue weighted by Gasteiger charge is -2.30. The smallest absolute Gasteiger partial charge is 0.305 e. The molecule has 6 unspecified atom stereocenters. The summed E-state index contributed by atoms with van der Waals surface area (Å²) in [6, 6.07) is 0. The van der Waals surface area contributed by atoms with Crippen molar-refractivity contribution in [2.45, 2.75) is 135 Å². The van der Waals surface area contributed by atoms with Gasteiger partial charge in [0.25, 0.3) is 0 Å². The summed E-state index contributed by atoms with van der Waals surface area (Å²) in [6.45, 7) is 20.6. The monoisotopic (exact) mass is 659 g/mol. The lowest BCUT2D eigenvalue weighted by Crippen LogP contribution is -2.45. The number of ether oxygens (including phenoxy) is 8. The van der Waals surface area contributed by atoms with Crippen molar-refractivity contribution in [1.82, 2.24) is 0 Å². The number of quaternary nitrogens is 1. The first-order chi connectivity index (χ1) is 19.3. The zero-order valence-electron chi connectivity index (χ0n) is 27.5. The fraction of sp³-hybridized carbons (Fsp3) is 0.941. The van der Waals surface area contributed by atoms with Gasteiger partial charge in [0.1, 0.15) is 25.3 Å². The van der Waals surface area contributed by atoms with Crippen molar-refractivity contribution in [3.63, 3.8) is 0 Å². The molecule has 0 aromatic rings. The van der Waals surface area contributed by atoms with Crippen LogP contribution in [0, 0.1) is 0 Å². The first kappa shape index (κ1) is 53.2. The van der Waals surface area contributed by atoms with Gasteiger partial charge in [-0.1, -0.05) is 43.6 Å². The Labute approximate surface area is 278 Å². The Morgan fingerprint density at radius 3 is 1.04 bits per heavy atom. The van der Waals surface area contributed by atoms with Gasteiger partial charge in [-0.2, -0.15) is 0 Å². The molecule has 276 valence electrons. The lowest BCUT2D eigenvalue weighted by atomic mass is 10.3. The fourth-order valence-corrected chi connectivity index (χ4v) is 3.31. The first-order valence-electron chi connectivity index (χ1n) is 15.1. The summed E-state index contributed by atoms with van der Waals surface area (Å²) in [5.74, 6) is -0.448. The van der Waals surface area contributed by atoms with Crippen molar-refractivity contribution < 1.29 is 52.0 Å². The van der Waals surface area contributed by atoms with Crippen LogP contribution in [0.2, 0.25) is 0 Å². The maximum Gasteiger partial charge on any atom is 0.305 e. The van der Waals surface area contributed by atoms with Crippen molar-refractivity contribution in [1.29, 1.82) is 0 Å². The predicted octanol–water partition coefficient (Wildman–Crippen LogP) is 5.94. The zero-order chi connectivity index (χ0) is 31.3. The molecule has 0 heterocycles. The van der Waals surface area contributed by atoms with Gasteiger partial charge < -0.3 is 42.4 Å². The predicted molar refractivity (Wildman–Crippen MR) is 184 cm³/mol. The summed E-state index contributed by atoms with van der Waals surface area (Å²) in [7, 11) is 4.31. The lowest BCUT2D eigenvalue weighted by molar-refractivity contribution is -0.891. The molecule has 0 saturated heterocycles. The molecule has 0 bridgehead atoms. The van der Waals surface area contributed by atoms with E-state index < -0.39 is 0 Å². The standard InChI is InChI=1S/C30H60NO10.4CH4/c1-11-29(32)40-27(7)21-38-25(5)19-36-23(3)17-34-15-13-31(9,10)14-16-35-18-24(4)37-20-26(6)39-22-28(8)41-30(33)12-2;;;;/h23-28H,11-22H2,1-10H3;4*1H4/q+1;;;;. The molecular formula is C34H76NO10+. The van der Waals surface area contributed by atoms with Crippen LogP contribution < -0.4 is 0 Å². The van der Waals surface area contributed by atoms with E-state index >= 15 is 0 Å². The summed E-state index contributed by atoms with van der Waals surface area (Å²) in [5.41, 5.74) is 0.